The molecule has 0 amide bonds. The molecule has 0 aromatic heterocycles. The van der Waals surface area contributed by atoms with Crippen LogP contribution in [0.5, 0.6) is 0 Å². The van der Waals surface area contributed by atoms with Gasteiger partial charge in [-0.3, -0.25) is 4.79 Å². The van der Waals surface area contributed by atoms with Crippen molar-refractivity contribution in [3.05, 3.63) is 0 Å². The van der Waals surface area contributed by atoms with Crippen molar-refractivity contribution in [1.29, 1.82) is 0 Å². The lowest BCUT2D eigenvalue weighted by atomic mass is 9.98. The van der Waals surface area contributed by atoms with E-state index in [4.69, 9.17) is 0 Å². The Labute approximate surface area is 91.2 Å². The molecule has 0 aromatic rings. The quantitative estimate of drug-likeness (QED) is 0.707. The fourth-order valence-electron chi connectivity index (χ4n) is 1.89. The van der Waals surface area contributed by atoms with E-state index in [0.717, 1.165) is 38.9 Å². The summed E-state index contributed by atoms with van der Waals surface area (Å²) in [7, 11) is 1.41. The Morgan fingerprint density at radius 3 is 2.87 bits per heavy atom. The van der Waals surface area contributed by atoms with Gasteiger partial charge >= 0.3 is 5.97 Å². The number of hydrogen-bond acceptors (Lipinski definition) is 4. The van der Waals surface area contributed by atoms with Crippen molar-refractivity contribution >= 4 is 5.97 Å². The van der Waals surface area contributed by atoms with E-state index in [1.165, 1.54) is 7.11 Å². The Morgan fingerprint density at radius 1 is 1.47 bits per heavy atom. The van der Waals surface area contributed by atoms with Crippen molar-refractivity contribution in [3.8, 4) is 0 Å². The number of rotatable bonds is 3. The third-order valence-electron chi connectivity index (χ3n) is 3.02. The van der Waals surface area contributed by atoms with Crippen molar-refractivity contribution in [2.45, 2.75) is 38.2 Å². The molecule has 0 spiro atoms. The number of carbonyl (C=O) groups excluding carboxylic acids is 1. The number of ether oxygens (including phenoxy) is 1. The molecule has 1 aliphatic heterocycles. The lowest BCUT2D eigenvalue weighted by Crippen LogP contribution is -2.30. The van der Waals surface area contributed by atoms with E-state index in [0.29, 0.717) is 6.42 Å². The third-order valence-corrected chi connectivity index (χ3v) is 3.02. The minimum absolute atomic E-state index is 0.161. The Morgan fingerprint density at radius 2 is 2.20 bits per heavy atom. The molecule has 4 nitrogen and oxygen atoms in total. The molecule has 88 valence electrons. The molecule has 4 heteroatoms. The summed E-state index contributed by atoms with van der Waals surface area (Å²) in [5.41, 5.74) is -0.528. The largest absolute Gasteiger partial charge is 0.469 e. The van der Waals surface area contributed by atoms with Gasteiger partial charge in [0, 0.05) is 13.1 Å². The van der Waals surface area contributed by atoms with Crippen LogP contribution in [0.1, 0.15) is 32.6 Å². The molecule has 1 unspecified atom stereocenters. The van der Waals surface area contributed by atoms with Gasteiger partial charge in [-0.25, -0.2) is 0 Å². The fraction of sp³-hybridized carbons (Fsp3) is 0.909. The zero-order valence-corrected chi connectivity index (χ0v) is 9.66. The molecule has 1 saturated heterocycles. The first-order chi connectivity index (χ1) is 7.03. The number of likely N-dealkylation sites (tertiary alicyclic amines) is 1. The zero-order valence-electron chi connectivity index (χ0n) is 9.66. The number of aliphatic hydroxyl groups is 1. The Kier molecular flexibility index (Phi) is 4.54. The number of nitrogens with zero attached hydrogens (tertiary/aromatic N) is 1. The minimum atomic E-state index is -0.528. The lowest BCUT2D eigenvalue weighted by Gasteiger charge is -2.21. The second-order valence-electron chi connectivity index (χ2n) is 4.52. The molecule has 15 heavy (non-hydrogen) atoms. The smallest absolute Gasteiger partial charge is 0.306 e. The van der Waals surface area contributed by atoms with E-state index in [1.807, 2.05) is 6.92 Å². The van der Waals surface area contributed by atoms with E-state index in [9.17, 15) is 9.90 Å². The Hall–Kier alpha value is -0.610. The molecule has 1 N–H and O–H groups in total. The predicted octanol–water partition coefficient (Wildman–Crippen LogP) is 0.786. The van der Waals surface area contributed by atoms with Crippen LogP contribution in [0, 0.1) is 0 Å². The number of methoxy groups -OCH3 is 1. The molecule has 1 rings (SSSR count). The first kappa shape index (κ1) is 12.5. The molecule has 0 aliphatic carbocycles. The van der Waals surface area contributed by atoms with Crippen LogP contribution in [0.15, 0.2) is 0 Å². The maximum Gasteiger partial charge on any atom is 0.306 e. The highest BCUT2D eigenvalue weighted by molar-refractivity contribution is 5.69. The maximum absolute atomic E-state index is 11.0. The first-order valence-corrected chi connectivity index (χ1v) is 5.55. The fourth-order valence-corrected chi connectivity index (χ4v) is 1.89. The van der Waals surface area contributed by atoms with Gasteiger partial charge in [0.05, 0.1) is 19.1 Å². The van der Waals surface area contributed by atoms with Crippen LogP contribution < -0.4 is 0 Å². The molecule has 1 aliphatic rings. The molecule has 1 fully saturated rings. The lowest BCUT2D eigenvalue weighted by molar-refractivity contribution is -0.140. The summed E-state index contributed by atoms with van der Waals surface area (Å²) in [6.45, 7) is 4.46. The predicted molar refractivity (Wildman–Crippen MR) is 57.5 cm³/mol. The summed E-state index contributed by atoms with van der Waals surface area (Å²) < 4.78 is 4.60. The average molecular weight is 215 g/mol. The summed E-state index contributed by atoms with van der Waals surface area (Å²) in [5.74, 6) is -0.161. The maximum atomic E-state index is 11.0. The highest BCUT2D eigenvalue weighted by Crippen LogP contribution is 2.21. The van der Waals surface area contributed by atoms with Crippen LogP contribution >= 0.6 is 0 Å². The van der Waals surface area contributed by atoms with Gasteiger partial charge in [0.1, 0.15) is 0 Å². The molecular weight excluding hydrogens is 194 g/mol. The summed E-state index contributed by atoms with van der Waals surface area (Å²) in [4.78, 5) is 13.2. The SMILES string of the molecule is COC(=O)CCN1CCCC(C)(O)CC1. The summed E-state index contributed by atoms with van der Waals surface area (Å²) in [6.07, 6.45) is 3.07. The monoisotopic (exact) mass is 215 g/mol. The molecule has 0 radical (unpaired) electrons. The standard InChI is InChI=1S/C11H21NO3/c1-11(14)5-3-7-12(9-6-11)8-4-10(13)15-2/h14H,3-9H2,1-2H3. The molecule has 0 bridgehead atoms. The van der Waals surface area contributed by atoms with E-state index < -0.39 is 5.60 Å². The van der Waals surface area contributed by atoms with Crippen molar-refractivity contribution in [3.63, 3.8) is 0 Å². The topological polar surface area (TPSA) is 49.8 Å². The Balaban J connectivity index is 2.29. The van der Waals surface area contributed by atoms with Crippen LogP contribution in [0.4, 0.5) is 0 Å². The van der Waals surface area contributed by atoms with Gasteiger partial charge in [-0.1, -0.05) is 0 Å². The summed E-state index contributed by atoms with van der Waals surface area (Å²) in [6, 6.07) is 0. The van der Waals surface area contributed by atoms with Gasteiger partial charge in [-0.2, -0.15) is 0 Å². The van der Waals surface area contributed by atoms with E-state index in [-0.39, 0.29) is 5.97 Å². The van der Waals surface area contributed by atoms with Crippen molar-refractivity contribution in [1.82, 2.24) is 4.90 Å². The van der Waals surface area contributed by atoms with Gasteiger partial charge < -0.3 is 14.7 Å². The van der Waals surface area contributed by atoms with Gasteiger partial charge in [0.25, 0.3) is 0 Å². The van der Waals surface area contributed by atoms with Crippen molar-refractivity contribution in [2.24, 2.45) is 0 Å². The highest BCUT2D eigenvalue weighted by Gasteiger charge is 2.24. The second-order valence-corrected chi connectivity index (χ2v) is 4.52. The molecule has 1 atom stereocenters. The van der Waals surface area contributed by atoms with Crippen LogP contribution in [0.3, 0.4) is 0 Å². The van der Waals surface area contributed by atoms with E-state index in [1.54, 1.807) is 0 Å². The van der Waals surface area contributed by atoms with Crippen LogP contribution in [0.25, 0.3) is 0 Å². The number of esters is 1. The second kappa shape index (κ2) is 5.47. The number of hydrogen-bond donors (Lipinski definition) is 1. The molecule has 0 aromatic carbocycles. The van der Waals surface area contributed by atoms with E-state index in [2.05, 4.69) is 9.64 Å². The Bertz CT molecular complexity index is 216. The minimum Gasteiger partial charge on any atom is -0.469 e. The highest BCUT2D eigenvalue weighted by atomic mass is 16.5. The summed E-state index contributed by atoms with van der Waals surface area (Å²) in [5, 5.41) is 9.88. The number of carbonyl (C=O) groups is 1. The van der Waals surface area contributed by atoms with Crippen LogP contribution in [-0.4, -0.2) is 48.3 Å². The zero-order chi connectivity index (χ0) is 11.3. The molecule has 1 heterocycles. The van der Waals surface area contributed by atoms with Crippen LogP contribution in [-0.2, 0) is 9.53 Å². The average Bonchev–Trinajstić information content (AvgIpc) is 2.36. The third kappa shape index (κ3) is 4.62. The van der Waals surface area contributed by atoms with Crippen molar-refractivity contribution < 1.29 is 14.6 Å². The summed E-state index contributed by atoms with van der Waals surface area (Å²) >= 11 is 0. The normalized spacial score (nSPS) is 28.5. The van der Waals surface area contributed by atoms with Crippen LogP contribution in [0.2, 0.25) is 0 Å². The van der Waals surface area contributed by atoms with Gasteiger partial charge in [-0.05, 0) is 32.7 Å². The first-order valence-electron chi connectivity index (χ1n) is 5.55. The molecular formula is C11H21NO3. The van der Waals surface area contributed by atoms with E-state index >= 15 is 0 Å². The van der Waals surface area contributed by atoms with Crippen molar-refractivity contribution in [2.75, 3.05) is 26.7 Å². The van der Waals surface area contributed by atoms with Gasteiger partial charge in [0.2, 0.25) is 0 Å². The van der Waals surface area contributed by atoms with Gasteiger partial charge in [0.15, 0.2) is 0 Å². The molecule has 0 saturated carbocycles. The van der Waals surface area contributed by atoms with Gasteiger partial charge in [-0.15, -0.1) is 0 Å².